The molecule has 0 atom stereocenters. The van der Waals surface area contributed by atoms with Gasteiger partial charge in [0.05, 0.1) is 0 Å². The number of carbonyl (C=O) groups is 1. The molecule has 0 aliphatic heterocycles. The summed E-state index contributed by atoms with van der Waals surface area (Å²) in [4.78, 5) is 14.9. The number of fused-ring (bicyclic) bond motifs is 1. The molecule has 3 aromatic rings. The minimum Gasteiger partial charge on any atom is -0.366 e. The number of nitrogens with one attached hydrogen (secondary N) is 1. The lowest BCUT2D eigenvalue weighted by Crippen LogP contribution is -2.10. The second-order valence-electron chi connectivity index (χ2n) is 4.71. The first kappa shape index (κ1) is 13.9. The molecular weight excluding hydrogens is 288 g/mol. The molecule has 110 valence electrons. The lowest BCUT2D eigenvalue weighted by molar-refractivity contribution is 0.100. The van der Waals surface area contributed by atoms with Crippen molar-refractivity contribution in [2.24, 2.45) is 5.73 Å². The molecule has 0 spiro atoms. The van der Waals surface area contributed by atoms with E-state index in [-0.39, 0.29) is 5.52 Å². The zero-order valence-corrected chi connectivity index (χ0v) is 11.3. The van der Waals surface area contributed by atoms with Crippen LogP contribution >= 0.6 is 0 Å². The monoisotopic (exact) mass is 299 g/mol. The Bertz CT molecular complexity index is 863. The summed E-state index contributed by atoms with van der Waals surface area (Å²) < 4.78 is 27.1. The fraction of sp³-hybridized carbons (Fsp3) is 0. The number of primary amides is 1. The summed E-state index contributed by atoms with van der Waals surface area (Å²) in [7, 11) is 0. The summed E-state index contributed by atoms with van der Waals surface area (Å²) in [6.07, 6.45) is 1.43. The smallest absolute Gasteiger partial charge is 0.248 e. The van der Waals surface area contributed by atoms with Crippen LogP contribution in [0.15, 0.2) is 48.7 Å². The Hall–Kier alpha value is -3.02. The number of anilines is 2. The van der Waals surface area contributed by atoms with Gasteiger partial charge in [-0.1, -0.05) is 0 Å². The molecule has 0 bridgehead atoms. The molecule has 4 nitrogen and oxygen atoms in total. The van der Waals surface area contributed by atoms with E-state index in [0.717, 1.165) is 6.07 Å². The molecule has 0 unspecified atom stereocenters. The largest absolute Gasteiger partial charge is 0.366 e. The van der Waals surface area contributed by atoms with E-state index in [1.165, 1.54) is 12.3 Å². The van der Waals surface area contributed by atoms with Crippen LogP contribution in [0.1, 0.15) is 10.4 Å². The molecule has 0 radical (unpaired) electrons. The predicted octanol–water partition coefficient (Wildman–Crippen LogP) is 3.36. The van der Waals surface area contributed by atoms with Crippen LogP contribution in [0.25, 0.3) is 10.9 Å². The van der Waals surface area contributed by atoms with Crippen LogP contribution in [0.3, 0.4) is 0 Å². The topological polar surface area (TPSA) is 68.0 Å². The van der Waals surface area contributed by atoms with E-state index in [1.807, 2.05) is 0 Å². The molecule has 0 saturated carbocycles. The molecule has 6 heteroatoms. The number of benzene rings is 2. The van der Waals surface area contributed by atoms with Crippen molar-refractivity contribution in [3.8, 4) is 0 Å². The van der Waals surface area contributed by atoms with Crippen molar-refractivity contribution in [1.82, 2.24) is 4.98 Å². The van der Waals surface area contributed by atoms with Crippen molar-refractivity contribution >= 4 is 28.2 Å². The van der Waals surface area contributed by atoms with Gasteiger partial charge in [0.15, 0.2) is 5.82 Å². The Balaban J connectivity index is 2.02. The van der Waals surface area contributed by atoms with Gasteiger partial charge in [0.1, 0.15) is 11.3 Å². The number of nitrogens with zero attached hydrogens (tertiary/aromatic N) is 1. The summed E-state index contributed by atoms with van der Waals surface area (Å²) in [6.45, 7) is 0. The van der Waals surface area contributed by atoms with Crippen molar-refractivity contribution in [2.75, 3.05) is 5.32 Å². The third-order valence-corrected chi connectivity index (χ3v) is 3.21. The van der Waals surface area contributed by atoms with Crippen LogP contribution in [0.5, 0.6) is 0 Å². The van der Waals surface area contributed by atoms with E-state index in [2.05, 4.69) is 10.3 Å². The van der Waals surface area contributed by atoms with Crippen LogP contribution in [0.4, 0.5) is 20.2 Å². The van der Waals surface area contributed by atoms with Gasteiger partial charge in [0.25, 0.3) is 0 Å². The highest BCUT2D eigenvalue weighted by Crippen LogP contribution is 2.27. The normalized spacial score (nSPS) is 10.6. The van der Waals surface area contributed by atoms with Crippen LogP contribution < -0.4 is 11.1 Å². The molecule has 1 amide bonds. The second kappa shape index (κ2) is 5.40. The van der Waals surface area contributed by atoms with E-state index >= 15 is 0 Å². The summed E-state index contributed by atoms with van der Waals surface area (Å²) in [5.74, 6) is -1.92. The van der Waals surface area contributed by atoms with E-state index in [1.54, 1.807) is 30.3 Å². The van der Waals surface area contributed by atoms with Gasteiger partial charge < -0.3 is 11.1 Å². The summed E-state index contributed by atoms with van der Waals surface area (Å²) in [5, 5.41) is 3.37. The highest BCUT2D eigenvalue weighted by atomic mass is 19.1. The fourth-order valence-electron chi connectivity index (χ4n) is 2.16. The zero-order valence-electron chi connectivity index (χ0n) is 11.3. The minimum absolute atomic E-state index is 0.0835. The Morgan fingerprint density at radius 1 is 1.09 bits per heavy atom. The SMILES string of the molecule is NC(=O)c1ccc(Nc2ccnc3c(F)cc(F)cc23)cc1. The molecule has 1 aromatic heterocycles. The van der Waals surface area contributed by atoms with E-state index in [4.69, 9.17) is 5.73 Å². The van der Waals surface area contributed by atoms with Crippen molar-refractivity contribution < 1.29 is 13.6 Å². The first-order valence-electron chi connectivity index (χ1n) is 6.45. The first-order valence-corrected chi connectivity index (χ1v) is 6.45. The van der Waals surface area contributed by atoms with Crippen LogP contribution in [0.2, 0.25) is 0 Å². The van der Waals surface area contributed by atoms with Crippen molar-refractivity contribution in [3.05, 3.63) is 65.9 Å². The zero-order chi connectivity index (χ0) is 15.7. The number of rotatable bonds is 3. The van der Waals surface area contributed by atoms with E-state index < -0.39 is 17.5 Å². The number of aromatic nitrogens is 1. The van der Waals surface area contributed by atoms with Gasteiger partial charge in [-0.2, -0.15) is 0 Å². The Morgan fingerprint density at radius 2 is 1.82 bits per heavy atom. The highest BCUT2D eigenvalue weighted by molar-refractivity contribution is 5.95. The quantitative estimate of drug-likeness (QED) is 0.779. The maximum Gasteiger partial charge on any atom is 0.248 e. The number of carbonyl (C=O) groups excluding carboxylic acids is 1. The Morgan fingerprint density at radius 3 is 2.50 bits per heavy atom. The molecule has 3 N–H and O–H groups in total. The number of halogens is 2. The summed E-state index contributed by atoms with van der Waals surface area (Å²) in [6, 6.07) is 10.1. The Labute approximate surface area is 124 Å². The average Bonchev–Trinajstić information content (AvgIpc) is 2.48. The third kappa shape index (κ3) is 2.58. The maximum absolute atomic E-state index is 13.7. The van der Waals surface area contributed by atoms with Crippen molar-refractivity contribution in [1.29, 1.82) is 0 Å². The first-order chi connectivity index (χ1) is 10.5. The van der Waals surface area contributed by atoms with Crippen molar-refractivity contribution in [2.45, 2.75) is 0 Å². The number of pyridine rings is 1. The van der Waals surface area contributed by atoms with Gasteiger partial charge in [0, 0.05) is 34.6 Å². The van der Waals surface area contributed by atoms with Gasteiger partial charge in [-0.3, -0.25) is 9.78 Å². The van der Waals surface area contributed by atoms with Crippen LogP contribution in [0, 0.1) is 11.6 Å². The average molecular weight is 299 g/mol. The molecule has 22 heavy (non-hydrogen) atoms. The van der Waals surface area contributed by atoms with Crippen LogP contribution in [-0.4, -0.2) is 10.9 Å². The number of nitrogens with two attached hydrogens (primary N) is 1. The molecule has 0 saturated heterocycles. The van der Waals surface area contributed by atoms with Gasteiger partial charge >= 0.3 is 0 Å². The minimum atomic E-state index is -0.720. The molecule has 0 aliphatic rings. The number of hydrogen-bond acceptors (Lipinski definition) is 3. The van der Waals surface area contributed by atoms with E-state index in [9.17, 15) is 13.6 Å². The molecular formula is C16H11F2N3O. The Kier molecular flexibility index (Phi) is 3.42. The fourth-order valence-corrected chi connectivity index (χ4v) is 2.16. The van der Waals surface area contributed by atoms with E-state index in [0.29, 0.717) is 22.3 Å². The maximum atomic E-state index is 13.7. The predicted molar refractivity (Wildman–Crippen MR) is 79.9 cm³/mol. The standard InChI is InChI=1S/C16H11F2N3O/c17-10-7-12-14(5-6-20-15(12)13(18)8-10)21-11-3-1-9(2-4-11)16(19)22/h1-8H,(H2,19,22)(H,20,21). The third-order valence-electron chi connectivity index (χ3n) is 3.21. The van der Waals surface area contributed by atoms with Gasteiger partial charge in [-0.25, -0.2) is 8.78 Å². The molecule has 0 aliphatic carbocycles. The molecule has 3 rings (SSSR count). The van der Waals surface area contributed by atoms with Crippen LogP contribution in [-0.2, 0) is 0 Å². The van der Waals surface area contributed by atoms with Gasteiger partial charge in [-0.05, 0) is 36.4 Å². The number of amides is 1. The number of hydrogen-bond donors (Lipinski definition) is 2. The molecule has 2 aromatic carbocycles. The molecule has 1 heterocycles. The lowest BCUT2D eigenvalue weighted by atomic mass is 10.1. The van der Waals surface area contributed by atoms with Crippen molar-refractivity contribution in [3.63, 3.8) is 0 Å². The summed E-state index contributed by atoms with van der Waals surface area (Å²) in [5.41, 5.74) is 6.80. The van der Waals surface area contributed by atoms with Gasteiger partial charge in [-0.15, -0.1) is 0 Å². The molecule has 0 fully saturated rings. The lowest BCUT2D eigenvalue weighted by Gasteiger charge is -2.10. The highest BCUT2D eigenvalue weighted by Gasteiger charge is 2.09. The second-order valence-corrected chi connectivity index (χ2v) is 4.71. The van der Waals surface area contributed by atoms with Gasteiger partial charge in [0.2, 0.25) is 5.91 Å². The summed E-state index contributed by atoms with van der Waals surface area (Å²) >= 11 is 0.